The first-order valence-corrected chi connectivity index (χ1v) is 9.90. The van der Waals surface area contributed by atoms with Gasteiger partial charge in [0.15, 0.2) is 0 Å². The van der Waals surface area contributed by atoms with E-state index in [-0.39, 0.29) is 17.7 Å². The average Bonchev–Trinajstić information content (AvgIpc) is 2.98. The Morgan fingerprint density at radius 1 is 1.25 bits per heavy atom. The van der Waals surface area contributed by atoms with Crippen molar-refractivity contribution in [1.82, 2.24) is 5.32 Å². The van der Waals surface area contributed by atoms with Crippen LogP contribution in [0.25, 0.3) is 0 Å². The highest BCUT2D eigenvalue weighted by molar-refractivity contribution is 7.17. The van der Waals surface area contributed by atoms with Gasteiger partial charge in [0.1, 0.15) is 10.8 Å². The monoisotopic (exact) mass is 404 g/mol. The maximum Gasteiger partial charge on any atom is 0.414 e. The van der Waals surface area contributed by atoms with E-state index in [4.69, 9.17) is 4.74 Å². The predicted molar refractivity (Wildman–Crippen MR) is 104 cm³/mol. The summed E-state index contributed by atoms with van der Waals surface area (Å²) in [4.78, 5) is 37.9. The molecule has 1 aromatic carbocycles. The molecule has 1 heterocycles. The molecule has 0 aliphatic heterocycles. The van der Waals surface area contributed by atoms with Crippen LogP contribution in [-0.4, -0.2) is 24.5 Å². The SMILES string of the molecule is CCOC(=O)NC(=O)c1c(NC(=O)c2ccccc2F)sc2c1CC[C@@H](C)C2. The van der Waals surface area contributed by atoms with Gasteiger partial charge in [-0.05, 0) is 49.8 Å². The maximum atomic E-state index is 13.9. The Morgan fingerprint density at radius 3 is 2.71 bits per heavy atom. The third-order valence-electron chi connectivity index (χ3n) is 4.58. The molecule has 1 aliphatic rings. The van der Waals surface area contributed by atoms with Gasteiger partial charge in [-0.15, -0.1) is 11.3 Å². The Balaban J connectivity index is 1.93. The molecule has 1 aromatic heterocycles. The highest BCUT2D eigenvalue weighted by Crippen LogP contribution is 2.39. The Bertz CT molecular complexity index is 925. The lowest BCUT2D eigenvalue weighted by Gasteiger charge is -2.18. The van der Waals surface area contributed by atoms with Crippen LogP contribution in [0.2, 0.25) is 0 Å². The first kappa shape index (κ1) is 20.0. The summed E-state index contributed by atoms with van der Waals surface area (Å²) < 4.78 is 18.7. The predicted octanol–water partition coefficient (Wildman–Crippen LogP) is 4.15. The number of thiophene rings is 1. The van der Waals surface area contributed by atoms with Crippen LogP contribution < -0.4 is 10.6 Å². The number of benzene rings is 1. The van der Waals surface area contributed by atoms with Crippen molar-refractivity contribution in [1.29, 1.82) is 0 Å². The Morgan fingerprint density at radius 2 is 2.00 bits per heavy atom. The highest BCUT2D eigenvalue weighted by Gasteiger charge is 2.29. The number of hydrogen-bond acceptors (Lipinski definition) is 5. The molecular formula is C20H21FN2O4S. The summed E-state index contributed by atoms with van der Waals surface area (Å²) in [5, 5.41) is 5.16. The van der Waals surface area contributed by atoms with E-state index in [1.54, 1.807) is 13.0 Å². The van der Waals surface area contributed by atoms with Crippen molar-refractivity contribution in [2.24, 2.45) is 5.92 Å². The molecule has 1 aliphatic carbocycles. The molecule has 1 atom stereocenters. The van der Waals surface area contributed by atoms with Crippen molar-refractivity contribution in [3.05, 3.63) is 51.7 Å². The molecular weight excluding hydrogens is 383 g/mol. The van der Waals surface area contributed by atoms with Crippen LogP contribution in [0.5, 0.6) is 0 Å². The number of imide groups is 1. The van der Waals surface area contributed by atoms with Crippen molar-refractivity contribution in [3.8, 4) is 0 Å². The molecule has 0 spiro atoms. The molecule has 0 unspecified atom stereocenters. The van der Waals surface area contributed by atoms with Gasteiger partial charge in [0.05, 0.1) is 17.7 Å². The molecule has 148 valence electrons. The second-order valence-electron chi connectivity index (χ2n) is 6.66. The molecule has 28 heavy (non-hydrogen) atoms. The largest absolute Gasteiger partial charge is 0.450 e. The smallest absolute Gasteiger partial charge is 0.414 e. The number of amides is 3. The van der Waals surface area contributed by atoms with Gasteiger partial charge in [-0.3, -0.25) is 14.9 Å². The summed E-state index contributed by atoms with van der Waals surface area (Å²) in [5.74, 6) is -1.46. The standard InChI is InChI=1S/C20H21FN2O4S/c1-3-27-20(26)23-18(25)16-13-9-8-11(2)10-15(13)28-19(16)22-17(24)12-6-4-5-7-14(12)21/h4-7,11H,3,8-10H2,1-2H3,(H,22,24)(H,23,25,26)/t11-/m1/s1. The zero-order chi connectivity index (χ0) is 20.3. The van der Waals surface area contributed by atoms with Crippen LogP contribution in [0.1, 0.15) is 51.4 Å². The third-order valence-corrected chi connectivity index (χ3v) is 5.75. The summed E-state index contributed by atoms with van der Waals surface area (Å²) in [6, 6.07) is 5.63. The van der Waals surface area contributed by atoms with Crippen LogP contribution in [0.15, 0.2) is 24.3 Å². The van der Waals surface area contributed by atoms with Gasteiger partial charge in [-0.1, -0.05) is 19.1 Å². The number of hydrogen-bond donors (Lipinski definition) is 2. The van der Waals surface area contributed by atoms with E-state index in [0.717, 1.165) is 23.3 Å². The second-order valence-corrected chi connectivity index (χ2v) is 7.77. The van der Waals surface area contributed by atoms with E-state index in [0.29, 0.717) is 17.3 Å². The van der Waals surface area contributed by atoms with E-state index in [1.807, 2.05) is 0 Å². The molecule has 2 N–H and O–H groups in total. The van der Waals surface area contributed by atoms with Crippen LogP contribution in [0.4, 0.5) is 14.2 Å². The van der Waals surface area contributed by atoms with Gasteiger partial charge < -0.3 is 10.1 Å². The molecule has 8 heteroatoms. The van der Waals surface area contributed by atoms with Gasteiger partial charge >= 0.3 is 6.09 Å². The fourth-order valence-corrected chi connectivity index (χ4v) is 4.62. The number of rotatable bonds is 4. The molecule has 0 saturated heterocycles. The summed E-state index contributed by atoms with van der Waals surface area (Å²) >= 11 is 1.30. The van der Waals surface area contributed by atoms with Crippen molar-refractivity contribution >= 4 is 34.2 Å². The van der Waals surface area contributed by atoms with Crippen molar-refractivity contribution in [3.63, 3.8) is 0 Å². The first-order chi connectivity index (χ1) is 13.4. The van der Waals surface area contributed by atoms with Gasteiger partial charge in [-0.2, -0.15) is 0 Å². The summed E-state index contributed by atoms with van der Waals surface area (Å²) in [5.41, 5.74) is 0.970. The number of carbonyl (C=O) groups is 3. The number of carbonyl (C=O) groups excluding carboxylic acids is 3. The fourth-order valence-electron chi connectivity index (χ4n) is 3.22. The molecule has 2 aromatic rings. The van der Waals surface area contributed by atoms with E-state index in [2.05, 4.69) is 17.6 Å². The molecule has 3 rings (SSSR count). The minimum Gasteiger partial charge on any atom is -0.450 e. The molecule has 0 bridgehead atoms. The number of anilines is 1. The zero-order valence-electron chi connectivity index (χ0n) is 15.6. The average molecular weight is 404 g/mol. The lowest BCUT2D eigenvalue weighted by molar-refractivity contribution is 0.0925. The van der Waals surface area contributed by atoms with Crippen molar-refractivity contribution in [2.75, 3.05) is 11.9 Å². The molecule has 6 nitrogen and oxygen atoms in total. The van der Waals surface area contributed by atoms with E-state index >= 15 is 0 Å². The Labute approximate surface area is 166 Å². The first-order valence-electron chi connectivity index (χ1n) is 9.09. The van der Waals surface area contributed by atoms with Gasteiger partial charge in [0.2, 0.25) is 0 Å². The Kier molecular flexibility index (Phi) is 6.08. The summed E-state index contributed by atoms with van der Waals surface area (Å²) in [7, 11) is 0. The molecule has 3 amide bonds. The van der Waals surface area contributed by atoms with Crippen LogP contribution >= 0.6 is 11.3 Å². The van der Waals surface area contributed by atoms with Crippen molar-refractivity contribution < 1.29 is 23.5 Å². The van der Waals surface area contributed by atoms with E-state index in [1.165, 1.54) is 29.5 Å². The van der Waals surface area contributed by atoms with Crippen LogP contribution in [0, 0.1) is 11.7 Å². The van der Waals surface area contributed by atoms with E-state index < -0.39 is 23.7 Å². The van der Waals surface area contributed by atoms with Gasteiger partial charge in [0.25, 0.3) is 11.8 Å². The van der Waals surface area contributed by atoms with Crippen LogP contribution in [-0.2, 0) is 17.6 Å². The van der Waals surface area contributed by atoms with Gasteiger partial charge in [-0.25, -0.2) is 9.18 Å². The summed E-state index contributed by atoms with van der Waals surface area (Å²) in [6.45, 7) is 3.89. The quantitative estimate of drug-likeness (QED) is 0.802. The molecule has 0 radical (unpaired) electrons. The lowest BCUT2D eigenvalue weighted by atomic mass is 9.88. The van der Waals surface area contributed by atoms with E-state index in [9.17, 15) is 18.8 Å². The topological polar surface area (TPSA) is 84.5 Å². The third kappa shape index (κ3) is 4.22. The second kappa shape index (κ2) is 8.52. The number of nitrogens with one attached hydrogen (secondary N) is 2. The summed E-state index contributed by atoms with van der Waals surface area (Å²) in [6.07, 6.45) is 1.52. The highest BCUT2D eigenvalue weighted by atomic mass is 32.1. The van der Waals surface area contributed by atoms with Crippen LogP contribution in [0.3, 0.4) is 0 Å². The minimum atomic E-state index is -0.844. The van der Waals surface area contributed by atoms with Gasteiger partial charge in [0, 0.05) is 4.88 Å². The zero-order valence-corrected chi connectivity index (χ0v) is 16.5. The fraction of sp³-hybridized carbons (Fsp3) is 0.350. The normalized spacial score (nSPS) is 15.5. The lowest BCUT2D eigenvalue weighted by Crippen LogP contribution is -2.32. The number of alkyl carbamates (subject to hydrolysis) is 1. The molecule has 0 saturated carbocycles. The molecule has 0 fully saturated rings. The number of halogens is 1. The maximum absolute atomic E-state index is 13.9. The van der Waals surface area contributed by atoms with Crippen molar-refractivity contribution in [2.45, 2.75) is 33.1 Å². The number of fused-ring (bicyclic) bond motifs is 1. The minimum absolute atomic E-state index is 0.112. The Hall–Kier alpha value is -2.74. The number of ether oxygens (including phenoxy) is 1.